The van der Waals surface area contributed by atoms with Crippen molar-refractivity contribution in [2.75, 3.05) is 43.4 Å². The van der Waals surface area contributed by atoms with Crippen molar-refractivity contribution in [1.29, 1.82) is 0 Å². The minimum absolute atomic E-state index is 0.220. The lowest BCUT2D eigenvalue weighted by atomic mass is 10.1. The third kappa shape index (κ3) is 5.96. The second kappa shape index (κ2) is 10.4. The molecule has 0 atom stereocenters. The van der Waals surface area contributed by atoms with Gasteiger partial charge in [0.15, 0.2) is 0 Å². The van der Waals surface area contributed by atoms with Gasteiger partial charge in [-0.3, -0.25) is 4.79 Å². The van der Waals surface area contributed by atoms with E-state index in [2.05, 4.69) is 58.0 Å². The normalized spacial score (nSPS) is 14.2. The molecule has 6 nitrogen and oxygen atoms in total. The van der Waals surface area contributed by atoms with E-state index in [4.69, 9.17) is 4.98 Å². The van der Waals surface area contributed by atoms with Crippen LogP contribution >= 0.6 is 11.8 Å². The molecule has 1 aromatic heterocycles. The molecule has 1 N–H and O–H groups in total. The fraction of sp³-hybridized carbons (Fsp3) is 0.240. The molecule has 32 heavy (non-hydrogen) atoms. The van der Waals surface area contributed by atoms with Crippen molar-refractivity contribution in [1.82, 2.24) is 14.9 Å². The summed E-state index contributed by atoms with van der Waals surface area (Å²) in [5.74, 6) is 0.583. The smallest absolute Gasteiger partial charge is 0.247 e. The largest absolute Gasteiger partial charge is 0.369 e. The van der Waals surface area contributed by atoms with Crippen molar-refractivity contribution in [2.45, 2.75) is 16.3 Å². The van der Waals surface area contributed by atoms with E-state index in [1.165, 1.54) is 17.3 Å². The lowest BCUT2D eigenvalue weighted by Gasteiger charge is -2.34. The molecule has 7 heteroatoms. The number of likely N-dealkylation sites (N-methyl/N-ethyl adjacent to an activating group) is 1. The quantitative estimate of drug-likeness (QED) is 0.437. The molecular weight excluding hydrogens is 418 g/mol. The van der Waals surface area contributed by atoms with Crippen molar-refractivity contribution >= 4 is 29.0 Å². The first-order valence-electron chi connectivity index (χ1n) is 10.6. The van der Waals surface area contributed by atoms with Crippen LogP contribution in [0.5, 0.6) is 0 Å². The molecule has 1 aliphatic rings. The van der Waals surface area contributed by atoms with Crippen LogP contribution in [-0.2, 0) is 11.2 Å². The number of hydrogen-bond donors (Lipinski definition) is 1. The van der Waals surface area contributed by atoms with E-state index in [-0.39, 0.29) is 5.91 Å². The lowest BCUT2D eigenvalue weighted by Crippen LogP contribution is -2.44. The Kier molecular flexibility index (Phi) is 7.19. The Morgan fingerprint density at radius 3 is 2.47 bits per heavy atom. The average Bonchev–Trinajstić information content (AvgIpc) is 2.82. The monoisotopic (exact) mass is 445 g/mol. The zero-order valence-electron chi connectivity index (χ0n) is 18.2. The van der Waals surface area contributed by atoms with Gasteiger partial charge in [-0.15, -0.1) is 0 Å². The zero-order valence-corrected chi connectivity index (χ0v) is 19.0. The van der Waals surface area contributed by atoms with Crippen molar-refractivity contribution in [3.8, 4) is 0 Å². The highest BCUT2D eigenvalue weighted by Gasteiger charge is 2.14. The van der Waals surface area contributed by atoms with E-state index in [0.29, 0.717) is 6.42 Å². The molecule has 0 bridgehead atoms. The van der Waals surface area contributed by atoms with Crippen molar-refractivity contribution in [3.63, 3.8) is 0 Å². The maximum Gasteiger partial charge on any atom is 0.247 e. The molecule has 164 valence electrons. The Balaban J connectivity index is 1.37. The van der Waals surface area contributed by atoms with E-state index in [0.717, 1.165) is 47.6 Å². The molecule has 1 fully saturated rings. The number of nitrogens with one attached hydrogen (secondary N) is 1. The zero-order chi connectivity index (χ0) is 22.3. The molecule has 0 aliphatic carbocycles. The minimum atomic E-state index is -0.220. The number of nitrogens with zero attached hydrogens (tertiary/aromatic N) is 4. The molecule has 0 spiro atoms. The van der Waals surface area contributed by atoms with Crippen LogP contribution in [0.3, 0.4) is 0 Å². The first-order valence-corrected chi connectivity index (χ1v) is 11.5. The summed E-state index contributed by atoms with van der Waals surface area (Å²) in [5, 5.41) is 3.64. The van der Waals surface area contributed by atoms with E-state index >= 15 is 0 Å². The van der Waals surface area contributed by atoms with Crippen LogP contribution < -0.4 is 10.2 Å². The molecule has 4 rings (SSSR count). The van der Waals surface area contributed by atoms with Gasteiger partial charge in [0.2, 0.25) is 5.91 Å². The molecule has 1 aliphatic heterocycles. The SMILES string of the molecule is C=CC(=O)Nc1ccc(Sc2ccnc(Cc3ccc(N4CCN(C)CC4)cc3)n2)cc1. The lowest BCUT2D eigenvalue weighted by molar-refractivity contribution is -0.111. The summed E-state index contributed by atoms with van der Waals surface area (Å²) in [6, 6.07) is 18.3. The van der Waals surface area contributed by atoms with Gasteiger partial charge < -0.3 is 15.1 Å². The first-order chi connectivity index (χ1) is 15.6. The van der Waals surface area contributed by atoms with Crippen LogP contribution in [0, 0.1) is 0 Å². The van der Waals surface area contributed by atoms with Gasteiger partial charge in [-0.05, 0) is 61.2 Å². The number of piperazine rings is 1. The predicted octanol–water partition coefficient (Wildman–Crippen LogP) is 4.09. The average molecular weight is 446 g/mol. The van der Waals surface area contributed by atoms with Crippen molar-refractivity contribution in [2.24, 2.45) is 0 Å². The van der Waals surface area contributed by atoms with E-state index in [1.54, 1.807) is 11.8 Å². The standard InChI is InChI=1S/C25H27N5OS/c1-3-24(31)27-20-6-10-22(11-7-20)32-25-12-13-26-23(28-25)18-19-4-8-21(9-5-19)30-16-14-29(2)15-17-30/h3-13H,1,14-18H2,2H3,(H,27,31). The van der Waals surface area contributed by atoms with Gasteiger partial charge in [0.05, 0.1) is 0 Å². The first kappa shape index (κ1) is 22.0. The highest BCUT2D eigenvalue weighted by atomic mass is 32.2. The van der Waals surface area contributed by atoms with Crippen LogP contribution in [0.15, 0.2) is 83.4 Å². The van der Waals surface area contributed by atoms with Crippen LogP contribution in [-0.4, -0.2) is 54.0 Å². The number of carbonyl (C=O) groups is 1. The van der Waals surface area contributed by atoms with Crippen molar-refractivity contribution < 1.29 is 4.79 Å². The second-order valence-corrected chi connectivity index (χ2v) is 8.86. The fourth-order valence-electron chi connectivity index (χ4n) is 3.51. The van der Waals surface area contributed by atoms with Crippen molar-refractivity contribution in [3.05, 3.63) is 84.8 Å². The molecule has 2 heterocycles. The summed E-state index contributed by atoms with van der Waals surface area (Å²) in [7, 11) is 2.17. The molecule has 0 saturated carbocycles. The van der Waals surface area contributed by atoms with E-state index < -0.39 is 0 Å². The summed E-state index contributed by atoms with van der Waals surface area (Å²) in [6.07, 6.45) is 3.76. The predicted molar refractivity (Wildman–Crippen MR) is 130 cm³/mol. The third-order valence-corrected chi connectivity index (χ3v) is 6.32. The summed E-state index contributed by atoms with van der Waals surface area (Å²) in [4.78, 5) is 26.4. The van der Waals surface area contributed by atoms with Gasteiger partial charge in [0, 0.05) is 55.1 Å². The number of anilines is 2. The summed E-state index contributed by atoms with van der Waals surface area (Å²) >= 11 is 1.57. The molecule has 1 amide bonds. The Morgan fingerprint density at radius 1 is 1.06 bits per heavy atom. The Labute approximate surface area is 193 Å². The van der Waals surface area contributed by atoms with Gasteiger partial charge >= 0.3 is 0 Å². The maximum atomic E-state index is 11.4. The maximum absolute atomic E-state index is 11.4. The summed E-state index contributed by atoms with van der Waals surface area (Å²) in [6.45, 7) is 7.81. The van der Waals surface area contributed by atoms with Gasteiger partial charge in [0.25, 0.3) is 0 Å². The number of amides is 1. The molecule has 3 aromatic rings. The second-order valence-electron chi connectivity index (χ2n) is 7.76. The number of rotatable bonds is 7. The highest BCUT2D eigenvalue weighted by molar-refractivity contribution is 7.99. The summed E-state index contributed by atoms with van der Waals surface area (Å²) < 4.78 is 0. The molecule has 1 saturated heterocycles. The highest BCUT2D eigenvalue weighted by Crippen LogP contribution is 2.27. The number of aromatic nitrogens is 2. The fourth-order valence-corrected chi connectivity index (χ4v) is 4.31. The summed E-state index contributed by atoms with van der Waals surface area (Å²) in [5.41, 5.74) is 3.22. The van der Waals surface area contributed by atoms with E-state index in [9.17, 15) is 4.79 Å². The Bertz CT molecular complexity index is 1060. The van der Waals surface area contributed by atoms with Gasteiger partial charge in [0.1, 0.15) is 10.9 Å². The molecule has 2 aromatic carbocycles. The molecule has 0 unspecified atom stereocenters. The van der Waals surface area contributed by atoms with Gasteiger partial charge in [-0.2, -0.15) is 0 Å². The van der Waals surface area contributed by atoms with Crippen LogP contribution in [0.4, 0.5) is 11.4 Å². The van der Waals surface area contributed by atoms with Crippen LogP contribution in [0.1, 0.15) is 11.4 Å². The molecule has 0 radical (unpaired) electrons. The van der Waals surface area contributed by atoms with Crippen LogP contribution in [0.2, 0.25) is 0 Å². The van der Waals surface area contributed by atoms with Gasteiger partial charge in [-0.1, -0.05) is 30.5 Å². The van der Waals surface area contributed by atoms with Crippen LogP contribution in [0.25, 0.3) is 0 Å². The van der Waals surface area contributed by atoms with E-state index in [1.807, 2.05) is 36.5 Å². The Morgan fingerprint density at radius 2 is 1.78 bits per heavy atom. The number of carbonyl (C=O) groups excluding carboxylic acids is 1. The Hall–Kier alpha value is -3.16. The topological polar surface area (TPSA) is 61.4 Å². The minimum Gasteiger partial charge on any atom is -0.369 e. The third-order valence-electron chi connectivity index (χ3n) is 5.38. The number of hydrogen-bond acceptors (Lipinski definition) is 6. The number of benzene rings is 2. The van der Waals surface area contributed by atoms with Gasteiger partial charge in [-0.25, -0.2) is 9.97 Å². The molecular formula is C25H27N5OS.